The molecule has 3 heterocycles. The zero-order valence-electron chi connectivity index (χ0n) is 15.2. The fourth-order valence-electron chi connectivity index (χ4n) is 4.37. The fourth-order valence-corrected chi connectivity index (χ4v) is 4.37. The molecule has 0 unspecified atom stereocenters. The number of nitrogens with one attached hydrogen (secondary N) is 1. The zero-order chi connectivity index (χ0) is 18.1. The van der Waals surface area contributed by atoms with Gasteiger partial charge in [0, 0.05) is 38.6 Å². The van der Waals surface area contributed by atoms with E-state index in [1.165, 1.54) is 4.90 Å². The topological polar surface area (TPSA) is 81.7 Å². The molecule has 1 aliphatic carbocycles. The van der Waals surface area contributed by atoms with Gasteiger partial charge in [0.25, 0.3) is 5.91 Å². The molecule has 0 radical (unpaired) electrons. The number of carbonyl (C=O) groups is 2. The maximum absolute atomic E-state index is 13.0. The van der Waals surface area contributed by atoms with E-state index in [9.17, 15) is 9.59 Å². The molecule has 3 amide bonds. The van der Waals surface area contributed by atoms with E-state index < -0.39 is 5.54 Å². The second-order valence-electron chi connectivity index (χ2n) is 7.58. The van der Waals surface area contributed by atoms with Crippen molar-refractivity contribution in [3.8, 4) is 0 Å². The number of amides is 3. The average Bonchev–Trinajstić information content (AvgIpc) is 2.90. The molecule has 1 saturated carbocycles. The van der Waals surface area contributed by atoms with E-state index in [0.29, 0.717) is 6.67 Å². The summed E-state index contributed by atoms with van der Waals surface area (Å²) in [5.41, 5.74) is -0.672. The number of carbonyl (C=O) groups excluding carboxylic acids is 2. The Morgan fingerprint density at radius 1 is 1.15 bits per heavy atom. The van der Waals surface area contributed by atoms with Crippen molar-refractivity contribution in [1.29, 1.82) is 0 Å². The van der Waals surface area contributed by atoms with Gasteiger partial charge in [0.15, 0.2) is 0 Å². The van der Waals surface area contributed by atoms with E-state index >= 15 is 0 Å². The van der Waals surface area contributed by atoms with Gasteiger partial charge >= 0.3 is 6.03 Å². The number of hydrogen-bond acceptors (Lipinski definition) is 6. The molecule has 1 spiro atoms. The third kappa shape index (κ3) is 2.92. The third-order valence-corrected chi connectivity index (χ3v) is 6.05. The first-order chi connectivity index (χ1) is 12.6. The highest BCUT2D eigenvalue weighted by atomic mass is 16.2. The smallest absolute Gasteiger partial charge is 0.326 e. The van der Waals surface area contributed by atoms with Crippen LogP contribution in [0.15, 0.2) is 18.5 Å². The van der Waals surface area contributed by atoms with Gasteiger partial charge in [-0.3, -0.25) is 9.69 Å². The monoisotopic (exact) mass is 358 g/mol. The predicted molar refractivity (Wildman–Crippen MR) is 96.4 cm³/mol. The summed E-state index contributed by atoms with van der Waals surface area (Å²) in [4.78, 5) is 39.8. The van der Waals surface area contributed by atoms with E-state index in [0.717, 1.165) is 57.8 Å². The van der Waals surface area contributed by atoms with Crippen molar-refractivity contribution in [2.24, 2.45) is 5.92 Å². The Hall–Kier alpha value is -2.22. The Bertz CT molecular complexity index is 676. The van der Waals surface area contributed by atoms with Gasteiger partial charge in [-0.25, -0.2) is 19.7 Å². The van der Waals surface area contributed by atoms with Gasteiger partial charge in [-0.1, -0.05) is 19.8 Å². The molecule has 8 nitrogen and oxygen atoms in total. The van der Waals surface area contributed by atoms with Crippen molar-refractivity contribution < 1.29 is 9.59 Å². The Labute approximate surface area is 153 Å². The second-order valence-corrected chi connectivity index (χ2v) is 7.58. The Kier molecular flexibility index (Phi) is 4.52. The van der Waals surface area contributed by atoms with Crippen molar-refractivity contribution in [1.82, 2.24) is 25.1 Å². The van der Waals surface area contributed by atoms with E-state index in [2.05, 4.69) is 32.0 Å². The molecule has 1 N–H and O–H groups in total. The number of hydrogen-bond donors (Lipinski definition) is 1. The Balaban J connectivity index is 1.38. The van der Waals surface area contributed by atoms with Crippen molar-refractivity contribution in [2.45, 2.75) is 38.1 Å². The highest BCUT2D eigenvalue weighted by Crippen LogP contribution is 2.38. The fraction of sp³-hybridized carbons (Fsp3) is 0.667. The quantitative estimate of drug-likeness (QED) is 0.814. The lowest BCUT2D eigenvalue weighted by molar-refractivity contribution is -0.135. The molecule has 1 aromatic rings. The molecule has 3 fully saturated rings. The van der Waals surface area contributed by atoms with Gasteiger partial charge in [-0.05, 0) is 24.8 Å². The van der Waals surface area contributed by atoms with Crippen LogP contribution in [0.4, 0.5) is 10.7 Å². The molecule has 0 bridgehead atoms. The largest absolute Gasteiger partial charge is 0.338 e. The minimum absolute atomic E-state index is 0.0384. The first-order valence-electron chi connectivity index (χ1n) is 9.48. The van der Waals surface area contributed by atoms with E-state index in [1.54, 1.807) is 18.5 Å². The number of imide groups is 1. The van der Waals surface area contributed by atoms with Crippen LogP contribution in [0.1, 0.15) is 32.6 Å². The highest BCUT2D eigenvalue weighted by Gasteiger charge is 2.55. The molecule has 26 heavy (non-hydrogen) atoms. The first kappa shape index (κ1) is 17.2. The maximum Gasteiger partial charge on any atom is 0.326 e. The average molecular weight is 358 g/mol. The number of urea groups is 1. The van der Waals surface area contributed by atoms with E-state index in [-0.39, 0.29) is 17.9 Å². The number of rotatable bonds is 3. The van der Waals surface area contributed by atoms with E-state index in [1.807, 2.05) is 0 Å². The molecule has 2 saturated heterocycles. The van der Waals surface area contributed by atoms with Crippen LogP contribution in [0.2, 0.25) is 0 Å². The van der Waals surface area contributed by atoms with Gasteiger partial charge in [0.1, 0.15) is 5.54 Å². The van der Waals surface area contributed by atoms with Crippen LogP contribution in [-0.2, 0) is 4.79 Å². The molecule has 2 atom stereocenters. The third-order valence-electron chi connectivity index (χ3n) is 6.05. The first-order valence-corrected chi connectivity index (χ1v) is 9.48. The molecule has 0 aromatic carbocycles. The molecular weight excluding hydrogens is 332 g/mol. The number of anilines is 1. The van der Waals surface area contributed by atoms with Crippen LogP contribution in [0, 0.1) is 5.92 Å². The van der Waals surface area contributed by atoms with Gasteiger partial charge < -0.3 is 10.2 Å². The minimum Gasteiger partial charge on any atom is -0.338 e. The lowest BCUT2D eigenvalue weighted by Gasteiger charge is -2.38. The molecule has 4 rings (SSSR count). The number of aromatic nitrogens is 2. The summed E-state index contributed by atoms with van der Waals surface area (Å²) >= 11 is 0. The summed E-state index contributed by atoms with van der Waals surface area (Å²) in [5, 5.41) is 3.02. The van der Waals surface area contributed by atoms with Crippen molar-refractivity contribution in [2.75, 3.05) is 37.7 Å². The number of piperazine rings is 1. The molecule has 8 heteroatoms. The summed E-state index contributed by atoms with van der Waals surface area (Å²) < 4.78 is 0. The summed E-state index contributed by atoms with van der Waals surface area (Å²) in [6.45, 7) is 5.57. The van der Waals surface area contributed by atoms with Crippen LogP contribution in [-0.4, -0.2) is 70.1 Å². The van der Waals surface area contributed by atoms with Crippen molar-refractivity contribution >= 4 is 17.9 Å². The molecule has 140 valence electrons. The summed E-state index contributed by atoms with van der Waals surface area (Å²) in [5.74, 6) is 0.894. The van der Waals surface area contributed by atoms with Crippen LogP contribution in [0.25, 0.3) is 0 Å². The zero-order valence-corrected chi connectivity index (χ0v) is 15.2. The standard InChI is InChI=1S/C18H26N6O2/c1-14-5-2-3-6-18(14)15(25)24(17(26)21-18)13-22-9-11-23(12-10-22)16-19-7-4-8-20-16/h4,7-8,14H,2-3,5-6,9-13H2,1H3,(H,21,26)/t14-,18+/m1/s1. The maximum atomic E-state index is 13.0. The highest BCUT2D eigenvalue weighted by molar-refractivity contribution is 6.07. The SMILES string of the molecule is C[C@@H]1CCCC[C@]12NC(=O)N(CN1CCN(c3ncccn3)CC1)C2=O. The van der Waals surface area contributed by atoms with E-state index in [4.69, 9.17) is 0 Å². The molecule has 1 aromatic heterocycles. The Morgan fingerprint density at radius 3 is 2.58 bits per heavy atom. The minimum atomic E-state index is -0.672. The van der Waals surface area contributed by atoms with Crippen LogP contribution in [0.3, 0.4) is 0 Å². The lowest BCUT2D eigenvalue weighted by Crippen LogP contribution is -2.55. The number of nitrogens with zero attached hydrogens (tertiary/aromatic N) is 5. The summed E-state index contributed by atoms with van der Waals surface area (Å²) in [7, 11) is 0. The van der Waals surface area contributed by atoms with Crippen LogP contribution >= 0.6 is 0 Å². The van der Waals surface area contributed by atoms with Gasteiger partial charge in [0.2, 0.25) is 5.95 Å². The summed E-state index contributed by atoms with van der Waals surface area (Å²) in [6.07, 6.45) is 7.37. The van der Waals surface area contributed by atoms with Crippen molar-refractivity contribution in [3.05, 3.63) is 18.5 Å². The lowest BCUT2D eigenvalue weighted by atomic mass is 9.73. The second kappa shape index (κ2) is 6.83. The van der Waals surface area contributed by atoms with Crippen LogP contribution in [0.5, 0.6) is 0 Å². The van der Waals surface area contributed by atoms with Crippen LogP contribution < -0.4 is 10.2 Å². The predicted octanol–water partition coefficient (Wildman–Crippen LogP) is 1.06. The van der Waals surface area contributed by atoms with Crippen molar-refractivity contribution in [3.63, 3.8) is 0 Å². The molecule has 2 aliphatic heterocycles. The van der Waals surface area contributed by atoms with Gasteiger partial charge in [-0.2, -0.15) is 0 Å². The normalized spacial score (nSPS) is 30.1. The Morgan fingerprint density at radius 2 is 1.88 bits per heavy atom. The summed E-state index contributed by atoms with van der Waals surface area (Å²) in [6, 6.07) is 1.57. The van der Waals surface area contributed by atoms with Gasteiger partial charge in [-0.15, -0.1) is 0 Å². The molecule has 3 aliphatic rings. The van der Waals surface area contributed by atoms with Gasteiger partial charge in [0.05, 0.1) is 6.67 Å². The molecular formula is C18H26N6O2.